The Labute approximate surface area is 176 Å². The van der Waals surface area contributed by atoms with Gasteiger partial charge < -0.3 is 4.57 Å². The van der Waals surface area contributed by atoms with Crippen molar-refractivity contribution in [3.63, 3.8) is 0 Å². The van der Waals surface area contributed by atoms with Crippen molar-refractivity contribution in [1.82, 2.24) is 9.55 Å². The molecule has 0 aliphatic rings. The summed E-state index contributed by atoms with van der Waals surface area (Å²) in [7, 11) is 0. The van der Waals surface area contributed by atoms with Crippen molar-refractivity contribution < 1.29 is 0 Å². The average molecular weight is 444 g/mol. The van der Waals surface area contributed by atoms with Crippen molar-refractivity contribution in [1.29, 1.82) is 0 Å². The maximum absolute atomic E-state index is 6.34. The first-order valence-electron chi connectivity index (χ1n) is 7.72. The van der Waals surface area contributed by atoms with E-state index in [9.17, 15) is 0 Å². The van der Waals surface area contributed by atoms with Gasteiger partial charge in [-0.1, -0.05) is 70.7 Å². The molecule has 0 aliphatic carbocycles. The molecule has 0 radical (unpaired) electrons. The molecule has 26 heavy (non-hydrogen) atoms. The van der Waals surface area contributed by atoms with Gasteiger partial charge in [-0.25, -0.2) is 4.98 Å². The van der Waals surface area contributed by atoms with Crippen LogP contribution in [-0.4, -0.2) is 14.8 Å². The zero-order valence-corrected chi connectivity index (χ0v) is 17.3. The molecule has 0 amide bonds. The predicted octanol–water partition coefficient (Wildman–Crippen LogP) is 7.37. The van der Waals surface area contributed by atoms with Gasteiger partial charge in [-0.2, -0.15) is 0 Å². The molecule has 1 unspecified atom stereocenters. The molecule has 0 N–H and O–H groups in total. The Kier molecular flexibility index (Phi) is 6.96. The van der Waals surface area contributed by atoms with Crippen LogP contribution in [0.25, 0.3) is 6.08 Å². The van der Waals surface area contributed by atoms with Crippen LogP contribution in [-0.2, 0) is 6.54 Å². The molecule has 3 rings (SSSR count). The maximum atomic E-state index is 6.34. The summed E-state index contributed by atoms with van der Waals surface area (Å²) in [4.78, 5) is 4.99. The summed E-state index contributed by atoms with van der Waals surface area (Å²) in [5.74, 6) is 0. The van der Waals surface area contributed by atoms with Gasteiger partial charge >= 0.3 is 0 Å². The summed E-state index contributed by atoms with van der Waals surface area (Å²) in [5.41, 5.74) is 1.07. The van der Waals surface area contributed by atoms with Gasteiger partial charge in [0.05, 0.1) is 21.4 Å². The Morgan fingerprint density at radius 3 is 2.42 bits per heavy atom. The van der Waals surface area contributed by atoms with E-state index in [1.165, 1.54) is 0 Å². The second-order valence-electron chi connectivity index (χ2n) is 5.52. The number of imidazole rings is 1. The number of thioether (sulfide) groups is 1. The van der Waals surface area contributed by atoms with Crippen molar-refractivity contribution in [2.75, 3.05) is 0 Å². The minimum atomic E-state index is 0.120. The van der Waals surface area contributed by atoms with E-state index in [-0.39, 0.29) is 5.25 Å². The van der Waals surface area contributed by atoms with Crippen LogP contribution in [0.1, 0.15) is 5.56 Å². The molecule has 1 atom stereocenters. The fraction of sp³-hybridized carbons (Fsp3) is 0.105. The number of hydrogen-bond donors (Lipinski definition) is 0. The third-order valence-electron chi connectivity index (χ3n) is 3.58. The van der Waals surface area contributed by atoms with Gasteiger partial charge in [0.2, 0.25) is 0 Å². The summed E-state index contributed by atoms with van der Waals surface area (Å²) in [6.45, 7) is 0.741. The molecule has 1 aromatic heterocycles. The molecule has 0 aliphatic heterocycles. The van der Waals surface area contributed by atoms with Crippen molar-refractivity contribution in [2.24, 2.45) is 0 Å². The first kappa shape index (κ1) is 19.7. The molecule has 2 aromatic carbocycles. The quantitative estimate of drug-likeness (QED) is 0.292. The summed E-state index contributed by atoms with van der Waals surface area (Å²) in [6, 6.07) is 11.2. The Bertz CT molecular complexity index is 893. The zero-order chi connectivity index (χ0) is 18.5. The number of rotatable bonds is 6. The Balaban J connectivity index is 1.83. The van der Waals surface area contributed by atoms with Crippen molar-refractivity contribution in [3.8, 4) is 0 Å². The summed E-state index contributed by atoms with van der Waals surface area (Å²) < 4.78 is 2.02. The molecule has 0 bridgehead atoms. The molecule has 3 aromatic rings. The van der Waals surface area contributed by atoms with Gasteiger partial charge in [-0.05, 0) is 29.8 Å². The second-order valence-corrected chi connectivity index (χ2v) is 8.46. The monoisotopic (exact) mass is 442 g/mol. The normalized spacial score (nSPS) is 12.6. The van der Waals surface area contributed by atoms with Crippen molar-refractivity contribution >= 4 is 64.2 Å². The minimum Gasteiger partial charge on any atom is -0.336 e. The molecule has 1 heterocycles. The molecule has 7 heteroatoms. The van der Waals surface area contributed by atoms with E-state index in [4.69, 9.17) is 46.4 Å². The third-order valence-corrected chi connectivity index (χ3v) is 6.18. The Morgan fingerprint density at radius 2 is 1.73 bits per heavy atom. The molecular formula is C19H14Cl4N2S. The number of nitrogens with zero attached hydrogens (tertiary/aromatic N) is 2. The van der Waals surface area contributed by atoms with E-state index in [0.717, 1.165) is 17.0 Å². The first-order chi connectivity index (χ1) is 12.5. The highest BCUT2D eigenvalue weighted by atomic mass is 35.5. The topological polar surface area (TPSA) is 17.8 Å². The van der Waals surface area contributed by atoms with Crippen molar-refractivity contribution in [2.45, 2.75) is 16.7 Å². The van der Waals surface area contributed by atoms with Gasteiger partial charge in [0, 0.05) is 34.1 Å². The first-order valence-corrected chi connectivity index (χ1v) is 10.1. The smallest absolute Gasteiger partial charge is 0.0946 e. The summed E-state index contributed by atoms with van der Waals surface area (Å²) >= 11 is 26.1. The van der Waals surface area contributed by atoms with E-state index in [1.54, 1.807) is 36.4 Å². The summed E-state index contributed by atoms with van der Waals surface area (Å²) in [5, 5.41) is 2.36. The van der Waals surface area contributed by atoms with E-state index < -0.39 is 0 Å². The Morgan fingerprint density at radius 1 is 1.00 bits per heavy atom. The van der Waals surface area contributed by atoms with Gasteiger partial charge in [-0.3, -0.25) is 0 Å². The zero-order valence-electron chi connectivity index (χ0n) is 13.4. The summed E-state index contributed by atoms with van der Waals surface area (Å²) in [6.07, 6.45) is 9.68. The van der Waals surface area contributed by atoms with Gasteiger partial charge in [0.1, 0.15) is 0 Å². The maximum Gasteiger partial charge on any atom is 0.0946 e. The molecule has 0 saturated carbocycles. The minimum absolute atomic E-state index is 0.120. The largest absolute Gasteiger partial charge is 0.336 e. The molecular weight excluding hydrogens is 430 g/mol. The van der Waals surface area contributed by atoms with Crippen LogP contribution in [0.15, 0.2) is 66.1 Å². The lowest BCUT2D eigenvalue weighted by Crippen LogP contribution is -2.09. The second kappa shape index (κ2) is 9.20. The lowest BCUT2D eigenvalue weighted by molar-refractivity contribution is 0.720. The van der Waals surface area contributed by atoms with Crippen LogP contribution >= 0.6 is 58.2 Å². The third kappa shape index (κ3) is 5.45. The van der Waals surface area contributed by atoms with Gasteiger partial charge in [0.25, 0.3) is 0 Å². The van der Waals surface area contributed by atoms with Crippen molar-refractivity contribution in [3.05, 3.63) is 86.8 Å². The van der Waals surface area contributed by atoms with Crippen LogP contribution in [0.4, 0.5) is 0 Å². The van der Waals surface area contributed by atoms with Crippen LogP contribution in [0, 0.1) is 0 Å². The molecule has 2 nitrogen and oxygen atoms in total. The van der Waals surface area contributed by atoms with Crippen LogP contribution in [0.5, 0.6) is 0 Å². The lowest BCUT2D eigenvalue weighted by Gasteiger charge is -2.15. The van der Waals surface area contributed by atoms with Crippen LogP contribution < -0.4 is 0 Å². The number of benzene rings is 2. The van der Waals surface area contributed by atoms with Gasteiger partial charge in [0.15, 0.2) is 0 Å². The standard InChI is InChI=1S/C19H14Cl4N2S/c20-14-4-1-13(2-5-14)3-6-15(11-25-8-7-24-12-25)26-19-10-17(22)16(21)9-18(19)23/h1-10,12,15H,11H2/b6-3+. The van der Waals surface area contributed by atoms with Crippen LogP contribution in [0.3, 0.4) is 0 Å². The molecule has 0 saturated heterocycles. The fourth-order valence-electron chi connectivity index (χ4n) is 2.29. The number of hydrogen-bond acceptors (Lipinski definition) is 2. The van der Waals surface area contributed by atoms with E-state index in [2.05, 4.69) is 17.1 Å². The van der Waals surface area contributed by atoms with E-state index in [1.807, 2.05) is 35.0 Å². The molecule has 0 fully saturated rings. The highest BCUT2D eigenvalue weighted by Crippen LogP contribution is 2.37. The predicted molar refractivity (Wildman–Crippen MR) is 114 cm³/mol. The lowest BCUT2D eigenvalue weighted by atomic mass is 10.2. The van der Waals surface area contributed by atoms with E-state index in [0.29, 0.717) is 20.1 Å². The number of aromatic nitrogens is 2. The SMILES string of the molecule is Clc1ccc(/C=C/C(Cn2ccnc2)Sc2cc(Cl)c(Cl)cc2Cl)cc1. The molecule has 134 valence electrons. The average Bonchev–Trinajstić information content (AvgIpc) is 3.12. The van der Waals surface area contributed by atoms with Gasteiger partial charge in [-0.15, -0.1) is 11.8 Å². The fourth-order valence-corrected chi connectivity index (χ4v) is 4.25. The van der Waals surface area contributed by atoms with E-state index >= 15 is 0 Å². The highest BCUT2D eigenvalue weighted by Gasteiger charge is 2.13. The highest BCUT2D eigenvalue weighted by molar-refractivity contribution is 8.00. The Hall–Kier alpha value is -1.10. The molecule has 0 spiro atoms. The van der Waals surface area contributed by atoms with Crippen LogP contribution in [0.2, 0.25) is 20.1 Å². The number of halogens is 4.